The molecular formula is C31H34N2O6. The van der Waals surface area contributed by atoms with Crippen LogP contribution in [0.3, 0.4) is 0 Å². The number of aliphatic hydroxyl groups excluding tert-OH is 1. The van der Waals surface area contributed by atoms with Crippen molar-refractivity contribution in [2.24, 2.45) is 0 Å². The molecule has 0 aromatic heterocycles. The van der Waals surface area contributed by atoms with Crippen LogP contribution in [0.15, 0.2) is 72.8 Å². The molecule has 1 aliphatic carbocycles. The van der Waals surface area contributed by atoms with Gasteiger partial charge in [0.1, 0.15) is 18.8 Å². The maximum atomic E-state index is 12.9. The Labute approximate surface area is 228 Å². The summed E-state index contributed by atoms with van der Waals surface area (Å²) in [4.78, 5) is 38.8. The van der Waals surface area contributed by atoms with Gasteiger partial charge in [0.25, 0.3) is 5.91 Å². The van der Waals surface area contributed by atoms with Crippen molar-refractivity contribution in [3.63, 3.8) is 0 Å². The first-order valence-electron chi connectivity index (χ1n) is 13.0. The third kappa shape index (κ3) is 7.03. The van der Waals surface area contributed by atoms with Crippen LogP contribution >= 0.6 is 0 Å². The first-order chi connectivity index (χ1) is 18.7. The predicted octanol–water partition coefficient (Wildman–Crippen LogP) is 4.50. The molecule has 204 valence electrons. The normalized spacial score (nSPS) is 12.3. The van der Waals surface area contributed by atoms with Crippen LogP contribution < -0.4 is 5.32 Å². The van der Waals surface area contributed by atoms with E-state index in [1.807, 2.05) is 24.3 Å². The molecule has 0 fully saturated rings. The van der Waals surface area contributed by atoms with Crippen molar-refractivity contribution < 1.29 is 29.0 Å². The Morgan fingerprint density at radius 2 is 1.49 bits per heavy atom. The van der Waals surface area contributed by atoms with Crippen LogP contribution in [-0.2, 0) is 20.8 Å². The molecular weight excluding hydrogens is 496 g/mol. The van der Waals surface area contributed by atoms with Crippen molar-refractivity contribution >= 4 is 18.0 Å². The van der Waals surface area contributed by atoms with Crippen LogP contribution in [0.25, 0.3) is 11.1 Å². The number of nitrogens with zero attached hydrogens (tertiary/aromatic N) is 1. The average Bonchev–Trinajstić information content (AvgIpc) is 3.23. The largest absolute Gasteiger partial charge is 0.459 e. The van der Waals surface area contributed by atoms with Gasteiger partial charge in [0, 0.05) is 24.6 Å². The van der Waals surface area contributed by atoms with Gasteiger partial charge in [0.05, 0.1) is 6.61 Å². The number of nitrogens with one attached hydrogen (secondary N) is 1. The van der Waals surface area contributed by atoms with Crippen LogP contribution in [0.2, 0.25) is 0 Å². The molecule has 0 saturated carbocycles. The molecule has 8 nitrogen and oxygen atoms in total. The molecule has 0 bridgehead atoms. The van der Waals surface area contributed by atoms with E-state index in [2.05, 4.69) is 29.6 Å². The summed E-state index contributed by atoms with van der Waals surface area (Å²) >= 11 is 0. The number of hydrogen-bond donors (Lipinski definition) is 2. The minimum absolute atomic E-state index is 0.00314. The maximum Gasteiger partial charge on any atom is 0.407 e. The van der Waals surface area contributed by atoms with Crippen LogP contribution in [0.1, 0.15) is 53.7 Å². The number of hydrogen-bond acceptors (Lipinski definition) is 6. The van der Waals surface area contributed by atoms with Crippen LogP contribution in [0, 0.1) is 0 Å². The van der Waals surface area contributed by atoms with E-state index in [0.29, 0.717) is 5.56 Å². The van der Waals surface area contributed by atoms with E-state index in [9.17, 15) is 19.5 Å². The molecule has 0 heterocycles. The molecule has 3 aromatic rings. The molecule has 0 saturated heterocycles. The fourth-order valence-corrected chi connectivity index (χ4v) is 4.67. The molecule has 2 N–H and O–H groups in total. The van der Waals surface area contributed by atoms with Gasteiger partial charge < -0.3 is 24.8 Å². The van der Waals surface area contributed by atoms with Gasteiger partial charge in [-0.3, -0.25) is 9.59 Å². The van der Waals surface area contributed by atoms with E-state index >= 15 is 0 Å². The van der Waals surface area contributed by atoms with Crippen molar-refractivity contribution in [1.82, 2.24) is 10.2 Å². The number of alkyl carbamates (subject to hydrolysis) is 1. The molecule has 0 aliphatic heterocycles. The number of esters is 1. The second kappa shape index (κ2) is 12.1. The zero-order valence-electron chi connectivity index (χ0n) is 22.5. The second-order valence-corrected chi connectivity index (χ2v) is 10.4. The molecule has 0 radical (unpaired) electrons. The Kier molecular flexibility index (Phi) is 8.66. The lowest BCUT2D eigenvalue weighted by Crippen LogP contribution is -2.40. The van der Waals surface area contributed by atoms with E-state index in [0.717, 1.165) is 16.7 Å². The minimum atomic E-state index is -0.674. The highest BCUT2D eigenvalue weighted by molar-refractivity contribution is 5.96. The highest BCUT2D eigenvalue weighted by atomic mass is 16.6. The lowest BCUT2D eigenvalue weighted by molar-refractivity contribution is -0.155. The first-order valence-corrected chi connectivity index (χ1v) is 13.0. The van der Waals surface area contributed by atoms with Crippen molar-refractivity contribution in [3.05, 3.63) is 95.1 Å². The molecule has 3 aromatic carbocycles. The molecule has 39 heavy (non-hydrogen) atoms. The fourth-order valence-electron chi connectivity index (χ4n) is 4.67. The van der Waals surface area contributed by atoms with E-state index in [-0.39, 0.29) is 38.8 Å². The van der Waals surface area contributed by atoms with Gasteiger partial charge in [0.2, 0.25) is 0 Å². The second-order valence-electron chi connectivity index (χ2n) is 10.4. The third-order valence-corrected chi connectivity index (χ3v) is 6.38. The van der Waals surface area contributed by atoms with E-state index in [1.54, 1.807) is 45.0 Å². The summed E-state index contributed by atoms with van der Waals surface area (Å²) in [5, 5.41) is 12.1. The van der Waals surface area contributed by atoms with Gasteiger partial charge >= 0.3 is 12.1 Å². The van der Waals surface area contributed by atoms with Crippen molar-refractivity contribution in [2.75, 3.05) is 26.3 Å². The first kappa shape index (κ1) is 27.9. The Morgan fingerprint density at radius 1 is 0.897 bits per heavy atom. The van der Waals surface area contributed by atoms with Crippen molar-refractivity contribution in [2.45, 2.75) is 38.8 Å². The zero-order valence-corrected chi connectivity index (χ0v) is 22.5. The molecule has 1 aliphatic rings. The monoisotopic (exact) mass is 530 g/mol. The van der Waals surface area contributed by atoms with E-state index < -0.39 is 23.6 Å². The predicted molar refractivity (Wildman–Crippen MR) is 147 cm³/mol. The Bertz CT molecular complexity index is 1280. The SMILES string of the molecule is CC(C)(C)OC(=O)CN(CCO)C(=O)c1ccc(CNC(=O)OCC2c3ccccc3-c3ccccc32)cc1. The van der Waals surface area contributed by atoms with E-state index in [1.165, 1.54) is 16.0 Å². The zero-order chi connectivity index (χ0) is 28.0. The van der Waals surface area contributed by atoms with Crippen LogP contribution in [-0.4, -0.2) is 59.9 Å². The van der Waals surface area contributed by atoms with E-state index in [4.69, 9.17) is 9.47 Å². The Hall–Kier alpha value is -4.17. The van der Waals surface area contributed by atoms with Gasteiger partial charge in [-0.25, -0.2) is 4.79 Å². The topological polar surface area (TPSA) is 105 Å². The molecule has 0 spiro atoms. The maximum absolute atomic E-state index is 12.9. The Balaban J connectivity index is 1.30. The van der Waals surface area contributed by atoms with Crippen molar-refractivity contribution in [3.8, 4) is 11.1 Å². The number of benzene rings is 3. The highest BCUT2D eigenvalue weighted by Gasteiger charge is 2.29. The smallest absolute Gasteiger partial charge is 0.407 e. The highest BCUT2D eigenvalue weighted by Crippen LogP contribution is 2.44. The number of ether oxygens (including phenoxy) is 2. The molecule has 8 heteroatoms. The van der Waals surface area contributed by atoms with Gasteiger partial charge in [-0.1, -0.05) is 60.7 Å². The fraction of sp³-hybridized carbons (Fsp3) is 0.323. The summed E-state index contributed by atoms with van der Waals surface area (Å²) in [5.41, 5.74) is 5.09. The molecule has 0 atom stereocenters. The van der Waals surface area contributed by atoms with Crippen LogP contribution in [0.4, 0.5) is 4.79 Å². The summed E-state index contributed by atoms with van der Waals surface area (Å²) < 4.78 is 10.9. The van der Waals surface area contributed by atoms with Crippen LogP contribution in [0.5, 0.6) is 0 Å². The van der Waals surface area contributed by atoms with Gasteiger partial charge in [-0.2, -0.15) is 0 Å². The average molecular weight is 531 g/mol. The Morgan fingerprint density at radius 3 is 2.05 bits per heavy atom. The lowest BCUT2D eigenvalue weighted by Gasteiger charge is -2.24. The van der Waals surface area contributed by atoms with Crippen molar-refractivity contribution in [1.29, 1.82) is 0 Å². The number of rotatable bonds is 9. The summed E-state index contributed by atoms with van der Waals surface area (Å²) in [6.45, 7) is 5.16. The summed E-state index contributed by atoms with van der Waals surface area (Å²) in [5.74, 6) is -0.963. The standard InChI is InChI=1S/C31H34N2O6/c1-31(2,3)39-28(35)19-33(16-17-34)29(36)22-14-12-21(13-15-22)18-32-30(37)38-20-27-25-10-6-4-8-23(25)24-9-5-7-11-26(24)27/h4-15,27,34H,16-20H2,1-3H3,(H,32,37). The summed E-state index contributed by atoms with van der Waals surface area (Å²) in [6.07, 6.45) is -0.525. The summed E-state index contributed by atoms with van der Waals surface area (Å²) in [7, 11) is 0. The van der Waals surface area contributed by atoms with Gasteiger partial charge in [-0.15, -0.1) is 0 Å². The quantitative estimate of drug-likeness (QED) is 0.395. The molecule has 2 amide bonds. The molecule has 0 unspecified atom stereocenters. The number of carbonyl (C=O) groups is 3. The lowest BCUT2D eigenvalue weighted by atomic mass is 9.98. The van der Waals surface area contributed by atoms with Gasteiger partial charge in [-0.05, 0) is 60.7 Å². The number of fused-ring (bicyclic) bond motifs is 3. The summed E-state index contributed by atoms with van der Waals surface area (Å²) in [6, 6.07) is 23.0. The number of aliphatic hydroxyl groups is 1. The number of carbonyl (C=O) groups excluding carboxylic acids is 3. The van der Waals surface area contributed by atoms with Gasteiger partial charge in [0.15, 0.2) is 0 Å². The minimum Gasteiger partial charge on any atom is -0.459 e. The molecule has 4 rings (SSSR count). The number of amides is 2. The third-order valence-electron chi connectivity index (χ3n) is 6.38.